The van der Waals surface area contributed by atoms with Crippen LogP contribution >= 0.6 is 0 Å². The molecule has 2 atom stereocenters. The summed E-state index contributed by atoms with van der Waals surface area (Å²) in [4.78, 5) is 35.3. The van der Waals surface area contributed by atoms with Gasteiger partial charge in [0.2, 0.25) is 0 Å². The molecule has 2 aromatic carbocycles. The fourth-order valence-corrected chi connectivity index (χ4v) is 3.28. The summed E-state index contributed by atoms with van der Waals surface area (Å²) in [6.07, 6.45) is 2.53. The van der Waals surface area contributed by atoms with E-state index in [2.05, 4.69) is 5.32 Å². The van der Waals surface area contributed by atoms with Gasteiger partial charge in [0.15, 0.2) is 5.78 Å². The van der Waals surface area contributed by atoms with Crippen molar-refractivity contribution in [2.24, 2.45) is 5.92 Å². The van der Waals surface area contributed by atoms with Gasteiger partial charge in [0.05, 0.1) is 6.61 Å². The van der Waals surface area contributed by atoms with Crippen molar-refractivity contribution in [3.05, 3.63) is 71.8 Å². The summed E-state index contributed by atoms with van der Waals surface area (Å²) in [6, 6.07) is 13.6. The maximum absolute atomic E-state index is 12.7. The number of rotatable bonds is 12. The third kappa shape index (κ3) is 8.34. The third-order valence-corrected chi connectivity index (χ3v) is 5.03. The van der Waals surface area contributed by atoms with E-state index in [0.717, 1.165) is 0 Å². The summed E-state index contributed by atoms with van der Waals surface area (Å²) in [5, 5.41) is 20.4. The van der Waals surface area contributed by atoms with Crippen molar-refractivity contribution < 1.29 is 34.2 Å². The van der Waals surface area contributed by atoms with Crippen molar-refractivity contribution in [3.63, 3.8) is 0 Å². The molecule has 0 aliphatic carbocycles. The number of anilines is 1. The zero-order valence-electron chi connectivity index (χ0n) is 19.2. The molecule has 0 spiro atoms. The molecule has 0 saturated carbocycles. The molecule has 0 unspecified atom stereocenters. The Bertz CT molecular complexity index is 989. The average Bonchev–Trinajstić information content (AvgIpc) is 2.84. The quantitative estimate of drug-likeness (QED) is 0.159. The van der Waals surface area contributed by atoms with Crippen LogP contribution in [0.3, 0.4) is 0 Å². The molecule has 0 radical (unpaired) electrons. The first-order valence-corrected chi connectivity index (χ1v) is 10.9. The number of hydrogen-bond acceptors (Lipinski definition) is 7. The van der Waals surface area contributed by atoms with Gasteiger partial charge in [-0.15, -0.1) is 0 Å². The number of hydroxylamine groups is 1. The molecule has 0 saturated heterocycles. The zero-order valence-corrected chi connectivity index (χ0v) is 19.2. The van der Waals surface area contributed by atoms with Gasteiger partial charge in [0, 0.05) is 22.9 Å². The molecule has 0 fully saturated rings. The maximum atomic E-state index is 12.7. The molecule has 2 rings (SSSR count). The predicted octanol–water partition coefficient (Wildman–Crippen LogP) is 4.03. The van der Waals surface area contributed by atoms with E-state index in [1.165, 1.54) is 18.5 Å². The van der Waals surface area contributed by atoms with E-state index >= 15 is 0 Å². The summed E-state index contributed by atoms with van der Waals surface area (Å²) in [5.41, 5.74) is 3.18. The molecule has 182 valence electrons. The number of carbonyl (C=O) groups excluding carboxylic acids is 3. The number of Topliss-reactive ketones (excluding diaryl/α,β-unsaturated/α-hetero) is 1. The number of nitrogens with one attached hydrogen (secondary N) is 2. The Morgan fingerprint density at radius 2 is 1.79 bits per heavy atom. The van der Waals surface area contributed by atoms with Gasteiger partial charge in [-0.3, -0.25) is 20.1 Å². The minimum absolute atomic E-state index is 0.0759. The predicted molar refractivity (Wildman–Crippen MR) is 126 cm³/mol. The topological polar surface area (TPSA) is 134 Å². The van der Waals surface area contributed by atoms with Crippen LogP contribution in [-0.4, -0.2) is 41.3 Å². The Morgan fingerprint density at radius 3 is 2.44 bits per heavy atom. The van der Waals surface area contributed by atoms with Gasteiger partial charge in [-0.1, -0.05) is 31.2 Å². The van der Waals surface area contributed by atoms with Crippen LogP contribution in [0.5, 0.6) is 5.75 Å². The Balaban J connectivity index is 2.19. The number of para-hydroxylation sites is 1. The number of amides is 2. The van der Waals surface area contributed by atoms with Crippen LogP contribution < -0.4 is 15.5 Å². The van der Waals surface area contributed by atoms with E-state index in [1.54, 1.807) is 54.6 Å². The Kier molecular flexibility index (Phi) is 10.8. The lowest BCUT2D eigenvalue weighted by Crippen LogP contribution is -2.23. The second-order valence-electron chi connectivity index (χ2n) is 7.63. The number of aliphatic hydroxyl groups is 1. The number of ketones is 1. The van der Waals surface area contributed by atoms with Gasteiger partial charge < -0.3 is 14.6 Å². The van der Waals surface area contributed by atoms with Gasteiger partial charge in [-0.05, 0) is 56.0 Å². The molecular formula is C25H30N2O7. The Morgan fingerprint density at radius 1 is 1.09 bits per heavy atom. The number of carbonyl (C=O) groups is 3. The lowest BCUT2D eigenvalue weighted by Gasteiger charge is -2.26. The van der Waals surface area contributed by atoms with E-state index in [-0.39, 0.29) is 24.9 Å². The molecule has 2 amide bonds. The van der Waals surface area contributed by atoms with Crippen LogP contribution in [-0.2, 0) is 9.53 Å². The molecule has 9 nitrogen and oxygen atoms in total. The van der Waals surface area contributed by atoms with Gasteiger partial charge >= 0.3 is 6.09 Å². The van der Waals surface area contributed by atoms with Gasteiger partial charge in [-0.25, -0.2) is 10.3 Å². The first kappa shape index (κ1) is 26.6. The molecule has 0 aliphatic rings. The maximum Gasteiger partial charge on any atom is 0.412 e. The second-order valence-corrected chi connectivity index (χ2v) is 7.63. The van der Waals surface area contributed by atoms with Gasteiger partial charge in [0.1, 0.15) is 18.5 Å². The van der Waals surface area contributed by atoms with E-state index in [9.17, 15) is 14.4 Å². The molecule has 4 N–H and O–H groups in total. The van der Waals surface area contributed by atoms with E-state index in [4.69, 9.17) is 19.8 Å². The number of ether oxygens (including phenoxy) is 2. The molecule has 0 aromatic heterocycles. The Labute approximate surface area is 198 Å². The molecule has 0 bridgehead atoms. The average molecular weight is 471 g/mol. The van der Waals surface area contributed by atoms with Crippen LogP contribution in [0.1, 0.15) is 48.7 Å². The smallest absolute Gasteiger partial charge is 0.412 e. The highest BCUT2D eigenvalue weighted by molar-refractivity contribution is 5.95. The number of aliphatic hydroxyl groups excluding tert-OH is 1. The van der Waals surface area contributed by atoms with Crippen molar-refractivity contribution in [2.45, 2.75) is 32.8 Å². The van der Waals surface area contributed by atoms with E-state index in [1.807, 2.05) is 6.92 Å². The SMILES string of the molecule is CC(=O)c1ccc(NC(=O)O[C@H](c2ccccc2OCCO)[C@@H](C)CC/C=C/C(=O)NO)cc1. The van der Waals surface area contributed by atoms with Gasteiger partial charge in [-0.2, -0.15) is 0 Å². The number of benzene rings is 2. The van der Waals surface area contributed by atoms with Crippen LogP contribution in [0.4, 0.5) is 10.5 Å². The van der Waals surface area contributed by atoms with E-state index < -0.39 is 18.1 Å². The van der Waals surface area contributed by atoms with Crippen molar-refractivity contribution in [3.8, 4) is 5.75 Å². The number of allylic oxidation sites excluding steroid dienone is 1. The monoisotopic (exact) mass is 470 g/mol. The molecule has 9 heteroatoms. The lowest BCUT2D eigenvalue weighted by atomic mass is 9.92. The first-order chi connectivity index (χ1) is 16.3. The first-order valence-electron chi connectivity index (χ1n) is 10.9. The highest BCUT2D eigenvalue weighted by Crippen LogP contribution is 2.35. The van der Waals surface area contributed by atoms with E-state index in [0.29, 0.717) is 35.4 Å². The van der Waals surface area contributed by atoms with Crippen LogP contribution in [0.2, 0.25) is 0 Å². The van der Waals surface area contributed by atoms with Crippen LogP contribution in [0.15, 0.2) is 60.7 Å². The Hall–Kier alpha value is -3.69. The van der Waals surface area contributed by atoms with Crippen LogP contribution in [0.25, 0.3) is 0 Å². The minimum Gasteiger partial charge on any atom is -0.491 e. The molecule has 0 aliphatic heterocycles. The molecule has 2 aromatic rings. The normalized spacial score (nSPS) is 12.6. The summed E-state index contributed by atoms with van der Waals surface area (Å²) in [5.74, 6) is -0.389. The fraction of sp³-hybridized carbons (Fsp3) is 0.320. The second kappa shape index (κ2) is 13.8. The largest absolute Gasteiger partial charge is 0.491 e. The highest BCUT2D eigenvalue weighted by Gasteiger charge is 2.26. The molecular weight excluding hydrogens is 440 g/mol. The van der Waals surface area contributed by atoms with Crippen molar-refractivity contribution in [1.29, 1.82) is 0 Å². The third-order valence-electron chi connectivity index (χ3n) is 5.03. The van der Waals surface area contributed by atoms with Crippen LogP contribution in [0, 0.1) is 5.92 Å². The zero-order chi connectivity index (χ0) is 24.9. The molecule has 0 heterocycles. The summed E-state index contributed by atoms with van der Waals surface area (Å²) in [6.45, 7) is 3.29. The summed E-state index contributed by atoms with van der Waals surface area (Å²) >= 11 is 0. The van der Waals surface area contributed by atoms with Crippen molar-refractivity contribution in [1.82, 2.24) is 5.48 Å². The van der Waals surface area contributed by atoms with Gasteiger partial charge in [0.25, 0.3) is 5.91 Å². The molecule has 34 heavy (non-hydrogen) atoms. The van der Waals surface area contributed by atoms with Crippen molar-refractivity contribution in [2.75, 3.05) is 18.5 Å². The minimum atomic E-state index is -0.688. The summed E-state index contributed by atoms with van der Waals surface area (Å²) in [7, 11) is 0. The lowest BCUT2D eigenvalue weighted by molar-refractivity contribution is -0.124. The number of hydrogen-bond donors (Lipinski definition) is 4. The van der Waals surface area contributed by atoms with Crippen molar-refractivity contribution >= 4 is 23.5 Å². The summed E-state index contributed by atoms with van der Waals surface area (Å²) < 4.78 is 11.4. The highest BCUT2D eigenvalue weighted by atomic mass is 16.6. The fourth-order valence-electron chi connectivity index (χ4n) is 3.28. The standard InChI is InChI=1S/C25H30N2O7/c1-17(7-3-6-10-23(30)27-32)24(21-8-4-5-9-22(21)33-16-15-28)34-25(31)26-20-13-11-19(12-14-20)18(2)29/h4-6,8-14,17,24,28,32H,3,7,15-16H2,1-2H3,(H,26,31)(H,27,30)/b10-6+/t17-,24-/m0/s1.